The van der Waals surface area contributed by atoms with Crippen LogP contribution in [0.5, 0.6) is 0 Å². The van der Waals surface area contributed by atoms with Gasteiger partial charge in [-0.3, -0.25) is 0 Å². The second-order valence-corrected chi connectivity index (χ2v) is 3.23. The number of nitrogens with one attached hydrogen (secondary N) is 1. The van der Waals surface area contributed by atoms with Crippen LogP contribution in [0.1, 0.15) is 16.8 Å². The quantitative estimate of drug-likeness (QED) is 0.524. The maximum Gasteiger partial charge on any atom is 0.339 e. The summed E-state index contributed by atoms with van der Waals surface area (Å²) in [5.41, 5.74) is 0.0670. The third-order valence-electron chi connectivity index (χ3n) is 1.72. The molecule has 0 aliphatic rings. The van der Waals surface area contributed by atoms with E-state index in [1.807, 2.05) is 0 Å². The monoisotopic (exact) mass is 230 g/mol. The number of nitrogens with zero attached hydrogens (tertiary/aromatic N) is 1. The Bertz CT molecular complexity index is 357. The van der Waals surface area contributed by atoms with Gasteiger partial charge in [0, 0.05) is 13.2 Å². The van der Waals surface area contributed by atoms with Crippen LogP contribution in [0.15, 0.2) is 12.1 Å². The molecule has 0 spiro atoms. The SMILES string of the molecule is O=C(O)c1ccc(Cl)nc1NCCCO. The molecule has 0 amide bonds. The van der Waals surface area contributed by atoms with Gasteiger partial charge in [0.15, 0.2) is 0 Å². The number of carbonyl (C=O) groups is 1. The fraction of sp³-hybridized carbons (Fsp3) is 0.333. The highest BCUT2D eigenvalue weighted by Gasteiger charge is 2.11. The molecule has 0 bridgehead atoms. The molecular formula is C9H11ClN2O3. The number of aromatic carboxylic acids is 1. The highest BCUT2D eigenvalue weighted by molar-refractivity contribution is 6.29. The van der Waals surface area contributed by atoms with Crippen LogP contribution in [0, 0.1) is 0 Å². The Labute approximate surface area is 91.7 Å². The third-order valence-corrected chi connectivity index (χ3v) is 1.93. The molecule has 0 aliphatic carbocycles. The molecule has 0 aliphatic heterocycles. The van der Waals surface area contributed by atoms with E-state index in [9.17, 15) is 4.79 Å². The summed E-state index contributed by atoms with van der Waals surface area (Å²) in [5, 5.41) is 20.4. The lowest BCUT2D eigenvalue weighted by atomic mass is 10.2. The summed E-state index contributed by atoms with van der Waals surface area (Å²) in [7, 11) is 0. The van der Waals surface area contributed by atoms with Gasteiger partial charge in [-0.2, -0.15) is 0 Å². The topological polar surface area (TPSA) is 82.5 Å². The van der Waals surface area contributed by atoms with Gasteiger partial charge in [-0.15, -0.1) is 0 Å². The van der Waals surface area contributed by atoms with Gasteiger partial charge in [0.25, 0.3) is 0 Å². The van der Waals surface area contributed by atoms with Gasteiger partial charge in [0.1, 0.15) is 16.5 Å². The second-order valence-electron chi connectivity index (χ2n) is 2.84. The minimum Gasteiger partial charge on any atom is -0.478 e. The molecular weight excluding hydrogens is 220 g/mol. The van der Waals surface area contributed by atoms with Crippen molar-refractivity contribution in [1.82, 2.24) is 4.98 Å². The lowest BCUT2D eigenvalue weighted by Gasteiger charge is -2.07. The van der Waals surface area contributed by atoms with Crippen LogP contribution in [0.4, 0.5) is 5.82 Å². The molecule has 0 saturated heterocycles. The fourth-order valence-corrected chi connectivity index (χ4v) is 1.18. The third kappa shape index (κ3) is 3.38. The molecule has 0 atom stereocenters. The minimum atomic E-state index is -1.06. The van der Waals surface area contributed by atoms with E-state index in [2.05, 4.69) is 10.3 Å². The highest BCUT2D eigenvalue weighted by Crippen LogP contribution is 2.16. The summed E-state index contributed by atoms with van der Waals surface area (Å²) in [6.07, 6.45) is 0.521. The largest absolute Gasteiger partial charge is 0.478 e. The molecule has 0 radical (unpaired) electrons. The van der Waals surface area contributed by atoms with Crippen molar-refractivity contribution in [2.24, 2.45) is 0 Å². The number of aliphatic hydroxyl groups is 1. The summed E-state index contributed by atoms with van der Waals surface area (Å²) in [4.78, 5) is 14.7. The lowest BCUT2D eigenvalue weighted by Crippen LogP contribution is -2.10. The van der Waals surface area contributed by atoms with Crippen molar-refractivity contribution in [2.75, 3.05) is 18.5 Å². The molecule has 3 N–H and O–H groups in total. The van der Waals surface area contributed by atoms with E-state index in [-0.39, 0.29) is 23.1 Å². The van der Waals surface area contributed by atoms with Crippen LogP contribution in [0.2, 0.25) is 5.15 Å². The molecule has 5 nitrogen and oxygen atoms in total. The van der Waals surface area contributed by atoms with Crippen LogP contribution >= 0.6 is 11.6 Å². The smallest absolute Gasteiger partial charge is 0.339 e. The van der Waals surface area contributed by atoms with Gasteiger partial charge >= 0.3 is 5.97 Å². The number of halogens is 1. The fourth-order valence-electron chi connectivity index (χ4n) is 1.03. The normalized spacial score (nSPS) is 10.0. The van der Waals surface area contributed by atoms with Crippen LogP contribution in [0.25, 0.3) is 0 Å². The number of hydrogen-bond donors (Lipinski definition) is 3. The molecule has 1 aromatic heterocycles. The van der Waals surface area contributed by atoms with E-state index in [1.54, 1.807) is 0 Å². The Kier molecular flexibility index (Phi) is 4.33. The molecule has 0 unspecified atom stereocenters. The van der Waals surface area contributed by atoms with Crippen LogP contribution in [0.3, 0.4) is 0 Å². The van der Waals surface area contributed by atoms with E-state index < -0.39 is 5.97 Å². The number of carboxylic acid groups (broad SMARTS) is 1. The van der Waals surface area contributed by atoms with Gasteiger partial charge in [0.2, 0.25) is 0 Å². The van der Waals surface area contributed by atoms with Gasteiger partial charge in [-0.1, -0.05) is 11.6 Å². The standard InChI is InChI=1S/C9H11ClN2O3/c10-7-3-2-6(9(14)15)8(12-7)11-4-1-5-13/h2-3,13H,1,4-5H2,(H,11,12)(H,14,15). The first kappa shape index (κ1) is 11.7. The number of carboxylic acids is 1. The van der Waals surface area contributed by atoms with Crippen molar-refractivity contribution >= 4 is 23.4 Å². The summed E-state index contributed by atoms with van der Waals surface area (Å²) in [5.74, 6) is -0.839. The number of rotatable bonds is 5. The molecule has 1 heterocycles. The zero-order chi connectivity index (χ0) is 11.3. The first-order valence-electron chi connectivity index (χ1n) is 4.39. The lowest BCUT2D eigenvalue weighted by molar-refractivity contribution is 0.0697. The molecule has 15 heavy (non-hydrogen) atoms. The maximum absolute atomic E-state index is 10.8. The summed E-state index contributed by atoms with van der Waals surface area (Å²) < 4.78 is 0. The predicted molar refractivity (Wildman–Crippen MR) is 56.4 cm³/mol. The van der Waals surface area contributed by atoms with Crippen molar-refractivity contribution in [3.63, 3.8) is 0 Å². The predicted octanol–water partition coefficient (Wildman–Crippen LogP) is 1.23. The second kappa shape index (κ2) is 5.53. The number of aromatic nitrogens is 1. The van der Waals surface area contributed by atoms with E-state index in [4.69, 9.17) is 21.8 Å². The Morgan fingerprint density at radius 3 is 2.87 bits per heavy atom. The Morgan fingerprint density at radius 1 is 1.53 bits per heavy atom. The average Bonchev–Trinajstić information content (AvgIpc) is 2.18. The van der Waals surface area contributed by atoms with E-state index in [0.717, 1.165) is 0 Å². The van der Waals surface area contributed by atoms with Crippen LogP contribution < -0.4 is 5.32 Å². The molecule has 0 fully saturated rings. The molecule has 1 aromatic rings. The number of anilines is 1. The average molecular weight is 231 g/mol. The zero-order valence-electron chi connectivity index (χ0n) is 7.90. The van der Waals surface area contributed by atoms with Crippen molar-refractivity contribution in [3.05, 3.63) is 22.8 Å². The van der Waals surface area contributed by atoms with Gasteiger partial charge in [0.05, 0.1) is 0 Å². The first-order valence-corrected chi connectivity index (χ1v) is 4.77. The molecule has 6 heteroatoms. The molecule has 82 valence electrons. The van der Waals surface area contributed by atoms with E-state index in [0.29, 0.717) is 13.0 Å². The molecule has 0 saturated carbocycles. The van der Waals surface area contributed by atoms with E-state index in [1.165, 1.54) is 12.1 Å². The van der Waals surface area contributed by atoms with Gasteiger partial charge in [-0.05, 0) is 18.6 Å². The molecule has 0 aromatic carbocycles. The van der Waals surface area contributed by atoms with Gasteiger partial charge < -0.3 is 15.5 Å². The Hall–Kier alpha value is -1.33. The van der Waals surface area contributed by atoms with Crippen LogP contribution in [-0.2, 0) is 0 Å². The maximum atomic E-state index is 10.8. The first-order chi connectivity index (χ1) is 7.15. The summed E-state index contributed by atoms with van der Waals surface area (Å²) in [6.45, 7) is 0.486. The number of aliphatic hydroxyl groups excluding tert-OH is 1. The molecule has 1 rings (SSSR count). The minimum absolute atomic E-state index is 0.0377. The summed E-state index contributed by atoms with van der Waals surface area (Å²) in [6, 6.07) is 2.81. The Morgan fingerprint density at radius 2 is 2.27 bits per heavy atom. The van der Waals surface area contributed by atoms with Crippen molar-refractivity contribution < 1.29 is 15.0 Å². The zero-order valence-corrected chi connectivity index (χ0v) is 8.66. The highest BCUT2D eigenvalue weighted by atomic mass is 35.5. The van der Waals surface area contributed by atoms with Gasteiger partial charge in [-0.25, -0.2) is 9.78 Å². The summed E-state index contributed by atoms with van der Waals surface area (Å²) >= 11 is 5.64. The number of pyridine rings is 1. The van der Waals surface area contributed by atoms with Crippen LogP contribution in [-0.4, -0.2) is 34.3 Å². The van der Waals surface area contributed by atoms with Crippen molar-refractivity contribution in [3.8, 4) is 0 Å². The number of hydrogen-bond acceptors (Lipinski definition) is 4. The van der Waals surface area contributed by atoms with Crippen molar-refractivity contribution in [2.45, 2.75) is 6.42 Å². The van der Waals surface area contributed by atoms with Crippen molar-refractivity contribution in [1.29, 1.82) is 0 Å². The Balaban J connectivity index is 2.82. The van der Waals surface area contributed by atoms with E-state index >= 15 is 0 Å².